The predicted molar refractivity (Wildman–Crippen MR) is 80.0 cm³/mol. The Morgan fingerprint density at radius 3 is 2.68 bits per heavy atom. The molecule has 0 saturated heterocycles. The zero-order chi connectivity index (χ0) is 13.4. The topological polar surface area (TPSA) is 70.2 Å². The van der Waals surface area contributed by atoms with Gasteiger partial charge in [-0.15, -0.1) is 23.7 Å². The van der Waals surface area contributed by atoms with Crippen LogP contribution in [-0.2, 0) is 4.79 Å². The Morgan fingerprint density at radius 2 is 2.11 bits per heavy atom. The van der Waals surface area contributed by atoms with Crippen LogP contribution in [0.1, 0.15) is 23.5 Å². The van der Waals surface area contributed by atoms with E-state index in [1.165, 1.54) is 11.3 Å². The zero-order valence-corrected chi connectivity index (χ0v) is 12.7. The molecule has 3 N–H and O–H groups in total. The first kappa shape index (κ1) is 17.9. The minimum absolute atomic E-state index is 0. The molecule has 1 atom stereocenters. The summed E-state index contributed by atoms with van der Waals surface area (Å²) in [5.41, 5.74) is 0. The average Bonchev–Trinajstić information content (AvgIpc) is 2.87. The van der Waals surface area contributed by atoms with Gasteiger partial charge in [0.05, 0.1) is 11.4 Å². The van der Waals surface area contributed by atoms with E-state index in [9.17, 15) is 9.59 Å². The van der Waals surface area contributed by atoms with Gasteiger partial charge in [-0.2, -0.15) is 0 Å². The first-order valence-corrected chi connectivity index (χ1v) is 6.83. The van der Waals surface area contributed by atoms with Gasteiger partial charge in [0.15, 0.2) is 0 Å². The molecule has 0 saturated carbocycles. The fourth-order valence-electron chi connectivity index (χ4n) is 1.41. The molecule has 0 aromatic carbocycles. The van der Waals surface area contributed by atoms with Gasteiger partial charge in [-0.1, -0.05) is 13.0 Å². The van der Waals surface area contributed by atoms with Crippen LogP contribution in [0, 0.1) is 0 Å². The Balaban J connectivity index is 0.00000324. The van der Waals surface area contributed by atoms with Crippen LogP contribution in [0.3, 0.4) is 0 Å². The lowest BCUT2D eigenvalue weighted by atomic mass is 10.3. The van der Waals surface area contributed by atoms with Crippen LogP contribution in [0.5, 0.6) is 0 Å². The summed E-state index contributed by atoms with van der Waals surface area (Å²) in [5.74, 6) is -0.385. The van der Waals surface area contributed by atoms with E-state index in [-0.39, 0.29) is 36.8 Å². The maximum atomic E-state index is 11.6. The second-order valence-electron chi connectivity index (χ2n) is 3.92. The minimum Gasteiger partial charge on any atom is -0.353 e. The SMILES string of the molecule is CCN[C@H](C)CNC(=O)CNC(=O)c1cccs1.Cl. The summed E-state index contributed by atoms with van der Waals surface area (Å²) in [7, 11) is 0. The lowest BCUT2D eigenvalue weighted by molar-refractivity contribution is -0.120. The van der Waals surface area contributed by atoms with E-state index in [4.69, 9.17) is 0 Å². The highest BCUT2D eigenvalue weighted by atomic mass is 35.5. The number of hydrogen-bond donors (Lipinski definition) is 3. The molecular formula is C12H20ClN3O2S. The summed E-state index contributed by atoms with van der Waals surface area (Å²) in [6, 6.07) is 3.76. The van der Waals surface area contributed by atoms with Gasteiger partial charge in [0, 0.05) is 12.6 Å². The molecule has 5 nitrogen and oxygen atoms in total. The van der Waals surface area contributed by atoms with Crippen molar-refractivity contribution in [3.8, 4) is 0 Å². The smallest absolute Gasteiger partial charge is 0.261 e. The molecule has 0 unspecified atom stereocenters. The molecule has 1 aromatic heterocycles. The molecule has 108 valence electrons. The van der Waals surface area contributed by atoms with Gasteiger partial charge in [0.1, 0.15) is 0 Å². The fraction of sp³-hybridized carbons (Fsp3) is 0.500. The summed E-state index contributed by atoms with van der Waals surface area (Å²) in [5, 5.41) is 10.3. The lowest BCUT2D eigenvalue weighted by Crippen LogP contribution is -2.43. The Labute approximate surface area is 123 Å². The van der Waals surface area contributed by atoms with E-state index < -0.39 is 0 Å². The second-order valence-corrected chi connectivity index (χ2v) is 4.87. The van der Waals surface area contributed by atoms with Crippen LogP contribution in [0.4, 0.5) is 0 Å². The molecule has 0 aliphatic carbocycles. The van der Waals surface area contributed by atoms with E-state index in [1.54, 1.807) is 12.1 Å². The van der Waals surface area contributed by atoms with Gasteiger partial charge < -0.3 is 16.0 Å². The maximum absolute atomic E-state index is 11.6. The molecule has 1 heterocycles. The third-order valence-electron chi connectivity index (χ3n) is 2.31. The fourth-order valence-corrected chi connectivity index (χ4v) is 2.05. The van der Waals surface area contributed by atoms with Crippen molar-refractivity contribution in [3.05, 3.63) is 22.4 Å². The van der Waals surface area contributed by atoms with Crippen molar-refractivity contribution in [1.29, 1.82) is 0 Å². The van der Waals surface area contributed by atoms with Crippen molar-refractivity contribution in [2.75, 3.05) is 19.6 Å². The molecule has 2 amide bonds. The first-order valence-electron chi connectivity index (χ1n) is 5.95. The van der Waals surface area contributed by atoms with Crippen LogP contribution in [0.25, 0.3) is 0 Å². The molecule has 0 aliphatic rings. The monoisotopic (exact) mass is 305 g/mol. The van der Waals surface area contributed by atoms with Gasteiger partial charge in [-0.3, -0.25) is 9.59 Å². The van der Waals surface area contributed by atoms with Gasteiger partial charge in [0.25, 0.3) is 5.91 Å². The largest absolute Gasteiger partial charge is 0.353 e. The predicted octanol–water partition coefficient (Wildman–Crippen LogP) is 1.01. The second kappa shape index (κ2) is 9.77. The molecule has 1 rings (SSSR count). The van der Waals surface area contributed by atoms with Gasteiger partial charge in [0.2, 0.25) is 5.91 Å². The maximum Gasteiger partial charge on any atom is 0.261 e. The molecule has 0 spiro atoms. The van der Waals surface area contributed by atoms with Crippen molar-refractivity contribution in [3.63, 3.8) is 0 Å². The summed E-state index contributed by atoms with van der Waals surface area (Å²) >= 11 is 1.35. The number of thiophene rings is 1. The number of amides is 2. The Bertz CT molecular complexity index is 384. The molecule has 0 fully saturated rings. The van der Waals surface area contributed by atoms with E-state index in [1.807, 2.05) is 19.2 Å². The third kappa shape index (κ3) is 7.15. The van der Waals surface area contributed by atoms with Crippen LogP contribution in [0.15, 0.2) is 17.5 Å². The quantitative estimate of drug-likeness (QED) is 0.704. The lowest BCUT2D eigenvalue weighted by Gasteiger charge is -2.13. The number of hydrogen-bond acceptors (Lipinski definition) is 4. The molecule has 0 bridgehead atoms. The van der Waals surface area contributed by atoms with Gasteiger partial charge >= 0.3 is 0 Å². The number of likely N-dealkylation sites (N-methyl/N-ethyl adjacent to an activating group) is 1. The Kier molecular flexibility index (Phi) is 9.20. The van der Waals surface area contributed by atoms with Crippen molar-refractivity contribution >= 4 is 35.6 Å². The molecule has 7 heteroatoms. The highest BCUT2D eigenvalue weighted by Gasteiger charge is 2.09. The van der Waals surface area contributed by atoms with Crippen LogP contribution < -0.4 is 16.0 Å². The van der Waals surface area contributed by atoms with Crippen LogP contribution in [-0.4, -0.2) is 37.5 Å². The normalized spacial score (nSPS) is 11.3. The first-order chi connectivity index (χ1) is 8.63. The summed E-state index contributed by atoms with van der Waals surface area (Å²) in [6.07, 6.45) is 0. The Morgan fingerprint density at radius 1 is 1.37 bits per heavy atom. The van der Waals surface area contributed by atoms with Crippen molar-refractivity contribution in [1.82, 2.24) is 16.0 Å². The molecule has 1 aromatic rings. The third-order valence-corrected chi connectivity index (χ3v) is 3.18. The van der Waals surface area contributed by atoms with E-state index in [2.05, 4.69) is 16.0 Å². The highest BCUT2D eigenvalue weighted by molar-refractivity contribution is 7.12. The molecule has 0 radical (unpaired) electrons. The summed E-state index contributed by atoms with van der Waals surface area (Å²) in [4.78, 5) is 23.6. The number of nitrogens with one attached hydrogen (secondary N) is 3. The standard InChI is InChI=1S/C12H19N3O2S.ClH/c1-3-13-9(2)7-14-11(16)8-15-12(17)10-5-4-6-18-10;/h4-6,9,13H,3,7-8H2,1-2H3,(H,14,16)(H,15,17);1H/t9-;/m1./s1. The Hall–Kier alpha value is -1.11. The molecular weight excluding hydrogens is 286 g/mol. The van der Waals surface area contributed by atoms with E-state index in [0.717, 1.165) is 6.54 Å². The van der Waals surface area contributed by atoms with E-state index >= 15 is 0 Å². The van der Waals surface area contributed by atoms with Gasteiger partial charge in [-0.25, -0.2) is 0 Å². The van der Waals surface area contributed by atoms with Crippen LogP contribution >= 0.6 is 23.7 Å². The van der Waals surface area contributed by atoms with Crippen molar-refractivity contribution < 1.29 is 9.59 Å². The number of rotatable bonds is 7. The number of carbonyl (C=O) groups is 2. The number of carbonyl (C=O) groups excluding carboxylic acids is 2. The van der Waals surface area contributed by atoms with E-state index in [0.29, 0.717) is 11.4 Å². The van der Waals surface area contributed by atoms with Gasteiger partial charge in [-0.05, 0) is 24.9 Å². The molecule has 0 aliphatic heterocycles. The molecule has 19 heavy (non-hydrogen) atoms. The average molecular weight is 306 g/mol. The van der Waals surface area contributed by atoms with Crippen LogP contribution in [0.2, 0.25) is 0 Å². The summed E-state index contributed by atoms with van der Waals surface area (Å²) in [6.45, 7) is 5.44. The van der Waals surface area contributed by atoms with Crippen molar-refractivity contribution in [2.45, 2.75) is 19.9 Å². The minimum atomic E-state index is -0.208. The number of halogens is 1. The van der Waals surface area contributed by atoms with Crippen molar-refractivity contribution in [2.24, 2.45) is 0 Å². The highest BCUT2D eigenvalue weighted by Crippen LogP contribution is 2.07. The summed E-state index contributed by atoms with van der Waals surface area (Å²) < 4.78 is 0. The zero-order valence-electron chi connectivity index (χ0n) is 11.1.